The van der Waals surface area contributed by atoms with Crippen LogP contribution in [0.15, 0.2) is 36.5 Å². The Bertz CT molecular complexity index is 407. The Kier molecular flexibility index (Phi) is 7.92. The molecule has 2 heterocycles. The molecule has 3 rings (SSSR count). The first-order chi connectivity index (χ1) is 10.5. The van der Waals surface area contributed by atoms with E-state index in [0.717, 1.165) is 39.3 Å². The number of H-pyrrole nitrogens is 1. The second-order valence-electron chi connectivity index (χ2n) is 5.38. The van der Waals surface area contributed by atoms with Crippen LogP contribution >= 0.6 is 0 Å². The summed E-state index contributed by atoms with van der Waals surface area (Å²) in [4.78, 5) is 3.12. The van der Waals surface area contributed by atoms with Crippen molar-refractivity contribution in [2.75, 3.05) is 39.3 Å². The van der Waals surface area contributed by atoms with Crippen LogP contribution in [-0.4, -0.2) is 44.3 Å². The summed E-state index contributed by atoms with van der Waals surface area (Å²) in [6.07, 6.45) is 5.72. The summed E-state index contributed by atoms with van der Waals surface area (Å²) in [5.41, 5.74) is 1.21. The first-order valence-corrected chi connectivity index (χ1v) is 8.11. The highest BCUT2D eigenvalue weighted by atomic mass is 14.9. The molecule has 1 saturated heterocycles. The summed E-state index contributed by atoms with van der Waals surface area (Å²) >= 11 is 0. The van der Waals surface area contributed by atoms with E-state index in [2.05, 4.69) is 39.1 Å². The standard InChI is InChI=1S/C9H21N3.C8H7N/c1-4-10-6-2-8-12-9-3-7-11-5-1;1-2-4-8-7(3-1)5-6-9-8/h10-12H,1-9H2;1-6,9H. The van der Waals surface area contributed by atoms with Crippen molar-refractivity contribution in [2.24, 2.45) is 0 Å². The molecule has 0 aliphatic carbocycles. The first-order valence-electron chi connectivity index (χ1n) is 8.11. The maximum Gasteiger partial charge on any atom is 0.0453 e. The Labute approximate surface area is 127 Å². The maximum absolute atomic E-state index is 3.42. The van der Waals surface area contributed by atoms with Crippen LogP contribution in [0.1, 0.15) is 19.3 Å². The third kappa shape index (κ3) is 6.76. The quantitative estimate of drug-likeness (QED) is 0.600. The zero-order chi connectivity index (χ0) is 14.6. The van der Waals surface area contributed by atoms with Crippen molar-refractivity contribution >= 4 is 10.9 Å². The van der Waals surface area contributed by atoms with Gasteiger partial charge in [0.15, 0.2) is 0 Å². The Balaban J connectivity index is 0.000000159. The van der Waals surface area contributed by atoms with E-state index in [0.29, 0.717) is 0 Å². The molecule has 4 N–H and O–H groups in total. The smallest absolute Gasteiger partial charge is 0.0453 e. The predicted molar refractivity (Wildman–Crippen MR) is 90.8 cm³/mol. The topological polar surface area (TPSA) is 51.9 Å². The van der Waals surface area contributed by atoms with E-state index in [4.69, 9.17) is 0 Å². The maximum atomic E-state index is 3.42. The average Bonchev–Trinajstić information content (AvgIpc) is 2.97. The van der Waals surface area contributed by atoms with Crippen molar-refractivity contribution in [3.8, 4) is 0 Å². The van der Waals surface area contributed by atoms with Crippen LogP contribution in [0.5, 0.6) is 0 Å². The van der Waals surface area contributed by atoms with Crippen LogP contribution in [0.4, 0.5) is 0 Å². The van der Waals surface area contributed by atoms with Gasteiger partial charge >= 0.3 is 0 Å². The molecule has 0 amide bonds. The molecule has 1 aromatic heterocycles. The number of aromatic nitrogens is 1. The fraction of sp³-hybridized carbons (Fsp3) is 0.529. The molecule has 0 bridgehead atoms. The monoisotopic (exact) mass is 288 g/mol. The van der Waals surface area contributed by atoms with E-state index < -0.39 is 0 Å². The highest BCUT2D eigenvalue weighted by Crippen LogP contribution is 2.09. The SMILES string of the molecule is C1CNCCCNCCCNC1.c1ccc2[nH]ccc2c1. The molecule has 0 spiro atoms. The first kappa shape index (κ1) is 16.0. The highest BCUT2D eigenvalue weighted by Gasteiger charge is 1.93. The van der Waals surface area contributed by atoms with Gasteiger partial charge in [0, 0.05) is 11.7 Å². The number of rotatable bonds is 0. The van der Waals surface area contributed by atoms with Gasteiger partial charge in [0.25, 0.3) is 0 Å². The number of fused-ring (bicyclic) bond motifs is 1. The van der Waals surface area contributed by atoms with Crippen molar-refractivity contribution in [2.45, 2.75) is 19.3 Å². The zero-order valence-corrected chi connectivity index (χ0v) is 12.8. The summed E-state index contributed by atoms with van der Waals surface area (Å²) < 4.78 is 0. The van der Waals surface area contributed by atoms with Crippen LogP contribution in [0, 0.1) is 0 Å². The van der Waals surface area contributed by atoms with E-state index in [9.17, 15) is 0 Å². The van der Waals surface area contributed by atoms with Crippen molar-refractivity contribution in [3.63, 3.8) is 0 Å². The number of benzene rings is 1. The molecule has 0 radical (unpaired) electrons. The molecule has 1 aromatic carbocycles. The molecule has 116 valence electrons. The van der Waals surface area contributed by atoms with Crippen LogP contribution < -0.4 is 16.0 Å². The fourth-order valence-electron chi connectivity index (χ4n) is 2.39. The van der Waals surface area contributed by atoms with Crippen LogP contribution in [0.3, 0.4) is 0 Å². The molecule has 21 heavy (non-hydrogen) atoms. The minimum atomic E-state index is 1.16. The molecule has 4 heteroatoms. The fourth-order valence-corrected chi connectivity index (χ4v) is 2.39. The van der Waals surface area contributed by atoms with Crippen molar-refractivity contribution in [1.82, 2.24) is 20.9 Å². The van der Waals surface area contributed by atoms with E-state index in [1.54, 1.807) is 0 Å². The molecule has 2 aromatic rings. The van der Waals surface area contributed by atoms with Gasteiger partial charge in [-0.3, -0.25) is 0 Å². The normalized spacial score (nSPS) is 18.1. The Morgan fingerprint density at radius 3 is 1.67 bits per heavy atom. The molecule has 0 atom stereocenters. The van der Waals surface area contributed by atoms with E-state index in [-0.39, 0.29) is 0 Å². The second kappa shape index (κ2) is 10.4. The summed E-state index contributed by atoms with van der Waals surface area (Å²) in [7, 11) is 0. The number of aromatic amines is 1. The summed E-state index contributed by atoms with van der Waals surface area (Å²) in [5.74, 6) is 0. The van der Waals surface area contributed by atoms with Crippen LogP contribution in [0.25, 0.3) is 10.9 Å². The van der Waals surface area contributed by atoms with E-state index >= 15 is 0 Å². The van der Waals surface area contributed by atoms with Crippen molar-refractivity contribution < 1.29 is 0 Å². The van der Waals surface area contributed by atoms with Crippen molar-refractivity contribution in [1.29, 1.82) is 0 Å². The Morgan fingerprint density at radius 2 is 1.14 bits per heavy atom. The van der Waals surface area contributed by atoms with Gasteiger partial charge in [-0.05, 0) is 76.0 Å². The molecule has 0 unspecified atom stereocenters. The largest absolute Gasteiger partial charge is 0.361 e. The third-order valence-electron chi connectivity index (χ3n) is 3.58. The van der Waals surface area contributed by atoms with Gasteiger partial charge in [-0.25, -0.2) is 0 Å². The lowest BCUT2D eigenvalue weighted by Crippen LogP contribution is -2.29. The van der Waals surface area contributed by atoms with Gasteiger partial charge in [-0.15, -0.1) is 0 Å². The number of hydrogen-bond acceptors (Lipinski definition) is 3. The second-order valence-corrected chi connectivity index (χ2v) is 5.38. The predicted octanol–water partition coefficient (Wildman–Crippen LogP) is 2.11. The molecule has 4 nitrogen and oxygen atoms in total. The molecule has 1 aliphatic rings. The zero-order valence-electron chi connectivity index (χ0n) is 12.8. The van der Waals surface area contributed by atoms with E-state index in [1.165, 1.54) is 30.2 Å². The van der Waals surface area contributed by atoms with Gasteiger partial charge < -0.3 is 20.9 Å². The van der Waals surface area contributed by atoms with Gasteiger partial charge in [-0.2, -0.15) is 0 Å². The highest BCUT2D eigenvalue weighted by molar-refractivity contribution is 5.78. The lowest BCUT2D eigenvalue weighted by Gasteiger charge is -2.09. The van der Waals surface area contributed by atoms with Crippen LogP contribution in [0.2, 0.25) is 0 Å². The van der Waals surface area contributed by atoms with Gasteiger partial charge in [0.2, 0.25) is 0 Å². The van der Waals surface area contributed by atoms with Crippen molar-refractivity contribution in [3.05, 3.63) is 36.5 Å². The Hall–Kier alpha value is -1.36. The lowest BCUT2D eigenvalue weighted by molar-refractivity contribution is 0.527. The number of nitrogens with one attached hydrogen (secondary N) is 4. The Morgan fingerprint density at radius 1 is 0.619 bits per heavy atom. The van der Waals surface area contributed by atoms with Gasteiger partial charge in [0.05, 0.1) is 0 Å². The molecule has 0 saturated carbocycles. The molecule has 1 fully saturated rings. The number of hydrogen-bond donors (Lipinski definition) is 4. The van der Waals surface area contributed by atoms with Gasteiger partial charge in [-0.1, -0.05) is 18.2 Å². The minimum Gasteiger partial charge on any atom is -0.361 e. The average molecular weight is 288 g/mol. The summed E-state index contributed by atoms with van der Waals surface area (Å²) in [6.45, 7) is 6.96. The van der Waals surface area contributed by atoms with E-state index in [1.807, 2.05) is 18.3 Å². The number of para-hydroxylation sites is 1. The summed E-state index contributed by atoms with van der Waals surface area (Å²) in [6, 6.07) is 10.3. The molecular weight excluding hydrogens is 260 g/mol. The lowest BCUT2D eigenvalue weighted by atomic mass is 10.3. The molecule has 1 aliphatic heterocycles. The minimum absolute atomic E-state index is 1.16. The summed E-state index contributed by atoms with van der Waals surface area (Å²) in [5, 5.41) is 11.5. The molecular formula is C17H28N4. The van der Waals surface area contributed by atoms with Crippen LogP contribution in [-0.2, 0) is 0 Å². The van der Waals surface area contributed by atoms with Gasteiger partial charge in [0.1, 0.15) is 0 Å². The third-order valence-corrected chi connectivity index (χ3v) is 3.58.